The molecule has 0 radical (unpaired) electrons. The van der Waals surface area contributed by atoms with Gasteiger partial charge in [0.25, 0.3) is 5.91 Å². The minimum Gasteiger partial charge on any atom is -0.481 e. The fraction of sp³-hybridized carbons (Fsp3) is 0.286. The molecule has 45 heavy (non-hydrogen) atoms. The van der Waals surface area contributed by atoms with E-state index in [-0.39, 0.29) is 43.3 Å². The van der Waals surface area contributed by atoms with E-state index in [2.05, 4.69) is 5.32 Å². The highest BCUT2D eigenvalue weighted by atomic mass is 19.1. The van der Waals surface area contributed by atoms with Gasteiger partial charge in [0.2, 0.25) is 0 Å². The molecule has 9 nitrogen and oxygen atoms in total. The minimum atomic E-state index is -1.21. The smallest absolute Gasteiger partial charge is 0.335 e. The standard InChI is InChI=1S/C35H37FN2O7/c1-21(2)38-29(17-16-27(39)18-28(40)19-30(41)42)31(24-12-14-26(36)15-13-24)32(23-6-4-3-5-7-23)33(38)34(43)37-20-22-8-10-25(11-9-22)35(44)45/h3-15,21,27-28,39-40H,16-20H2,1-2H3,(H,37,43)(H,41,42)(H,44,45). The van der Waals surface area contributed by atoms with Gasteiger partial charge in [-0.15, -0.1) is 0 Å². The van der Waals surface area contributed by atoms with Crippen molar-refractivity contribution in [3.05, 3.63) is 107 Å². The second kappa shape index (κ2) is 14.8. The monoisotopic (exact) mass is 616 g/mol. The number of hydrogen-bond acceptors (Lipinski definition) is 5. The van der Waals surface area contributed by atoms with Crippen molar-refractivity contribution in [2.24, 2.45) is 0 Å². The van der Waals surface area contributed by atoms with Gasteiger partial charge in [0.15, 0.2) is 0 Å². The molecule has 0 saturated carbocycles. The SMILES string of the molecule is CC(C)n1c(CCC(O)CC(O)CC(=O)O)c(-c2ccc(F)cc2)c(-c2ccccc2)c1C(=O)NCc1ccc(C(=O)O)cc1. The fourth-order valence-electron chi connectivity index (χ4n) is 5.54. The molecule has 4 aromatic rings. The number of aliphatic hydroxyl groups is 2. The van der Waals surface area contributed by atoms with E-state index in [1.54, 1.807) is 24.3 Å². The fourth-order valence-corrected chi connectivity index (χ4v) is 5.54. The molecule has 5 N–H and O–H groups in total. The van der Waals surface area contributed by atoms with E-state index >= 15 is 0 Å². The van der Waals surface area contributed by atoms with Crippen molar-refractivity contribution in [2.75, 3.05) is 0 Å². The number of halogens is 1. The summed E-state index contributed by atoms with van der Waals surface area (Å²) in [7, 11) is 0. The number of aromatic nitrogens is 1. The molecule has 236 valence electrons. The van der Waals surface area contributed by atoms with Crippen LogP contribution < -0.4 is 5.32 Å². The number of carboxylic acid groups (broad SMARTS) is 2. The lowest BCUT2D eigenvalue weighted by Gasteiger charge is -2.20. The molecule has 3 aromatic carbocycles. The number of nitrogens with one attached hydrogen (secondary N) is 1. The lowest BCUT2D eigenvalue weighted by Crippen LogP contribution is -2.27. The lowest BCUT2D eigenvalue weighted by atomic mass is 9.92. The molecule has 0 aliphatic heterocycles. The van der Waals surface area contributed by atoms with Crippen molar-refractivity contribution in [1.82, 2.24) is 9.88 Å². The first-order valence-electron chi connectivity index (χ1n) is 14.7. The topological polar surface area (TPSA) is 149 Å². The van der Waals surface area contributed by atoms with Crippen LogP contribution in [-0.4, -0.2) is 55.0 Å². The van der Waals surface area contributed by atoms with Gasteiger partial charge in [-0.3, -0.25) is 9.59 Å². The highest BCUT2D eigenvalue weighted by molar-refractivity contribution is 6.05. The summed E-state index contributed by atoms with van der Waals surface area (Å²) in [5.74, 6) is -3.00. The third-order valence-electron chi connectivity index (χ3n) is 7.56. The molecule has 4 rings (SSSR count). The predicted molar refractivity (Wildman–Crippen MR) is 167 cm³/mol. The number of nitrogens with zero attached hydrogens (tertiary/aromatic N) is 1. The molecular weight excluding hydrogens is 579 g/mol. The quantitative estimate of drug-likeness (QED) is 0.122. The number of carbonyl (C=O) groups is 3. The Balaban J connectivity index is 1.82. The number of aromatic carboxylic acids is 1. The summed E-state index contributed by atoms with van der Waals surface area (Å²) < 4.78 is 16.0. The van der Waals surface area contributed by atoms with E-state index < -0.39 is 36.4 Å². The lowest BCUT2D eigenvalue weighted by molar-refractivity contribution is -0.139. The van der Waals surface area contributed by atoms with E-state index in [0.717, 1.165) is 11.3 Å². The summed E-state index contributed by atoms with van der Waals surface area (Å²) in [5, 5.41) is 42.0. The molecule has 10 heteroatoms. The number of rotatable bonds is 14. The summed E-state index contributed by atoms with van der Waals surface area (Å²) in [4.78, 5) is 36.4. The molecule has 0 saturated heterocycles. The molecule has 1 amide bonds. The van der Waals surface area contributed by atoms with Crippen LogP contribution in [0.15, 0.2) is 78.9 Å². The highest BCUT2D eigenvalue weighted by Crippen LogP contribution is 2.42. The molecule has 2 unspecified atom stereocenters. The average Bonchev–Trinajstić information content (AvgIpc) is 3.35. The molecule has 2 atom stereocenters. The normalized spacial score (nSPS) is 12.6. The Labute approximate surface area is 260 Å². The third kappa shape index (κ3) is 8.23. The van der Waals surface area contributed by atoms with Crippen LogP contribution in [-0.2, 0) is 17.8 Å². The van der Waals surface area contributed by atoms with Gasteiger partial charge in [0.1, 0.15) is 11.5 Å². The first-order chi connectivity index (χ1) is 21.5. The Morgan fingerprint density at radius 1 is 0.822 bits per heavy atom. The first-order valence-corrected chi connectivity index (χ1v) is 14.7. The molecule has 0 aliphatic carbocycles. The van der Waals surface area contributed by atoms with Gasteiger partial charge in [-0.05, 0) is 74.1 Å². The van der Waals surface area contributed by atoms with Crippen LogP contribution >= 0.6 is 0 Å². The van der Waals surface area contributed by atoms with Gasteiger partial charge in [-0.25, -0.2) is 9.18 Å². The maximum Gasteiger partial charge on any atom is 0.335 e. The summed E-state index contributed by atoms with van der Waals surface area (Å²) in [6.07, 6.45) is -2.39. The Kier molecular flexibility index (Phi) is 10.9. The summed E-state index contributed by atoms with van der Waals surface area (Å²) in [5.41, 5.74) is 4.69. The molecular formula is C35H37FN2O7. The van der Waals surface area contributed by atoms with E-state index in [0.29, 0.717) is 27.9 Å². The number of aliphatic hydroxyl groups excluding tert-OH is 2. The molecule has 0 aliphatic rings. The molecule has 0 fully saturated rings. The number of carboxylic acids is 2. The maximum absolute atomic E-state index is 14.1. The number of benzene rings is 3. The molecule has 0 spiro atoms. The van der Waals surface area contributed by atoms with Gasteiger partial charge >= 0.3 is 11.9 Å². The first kappa shape index (κ1) is 33.1. The zero-order valence-electron chi connectivity index (χ0n) is 25.1. The van der Waals surface area contributed by atoms with Crippen molar-refractivity contribution in [3.63, 3.8) is 0 Å². The summed E-state index contributed by atoms with van der Waals surface area (Å²) in [6.45, 7) is 4.00. The van der Waals surface area contributed by atoms with Crippen molar-refractivity contribution in [1.29, 1.82) is 0 Å². The van der Waals surface area contributed by atoms with Crippen molar-refractivity contribution in [2.45, 2.75) is 64.3 Å². The summed E-state index contributed by atoms with van der Waals surface area (Å²) >= 11 is 0. The largest absolute Gasteiger partial charge is 0.481 e. The molecule has 0 bridgehead atoms. The zero-order valence-corrected chi connectivity index (χ0v) is 25.1. The van der Waals surface area contributed by atoms with Crippen LogP contribution in [0.25, 0.3) is 22.3 Å². The van der Waals surface area contributed by atoms with Crippen molar-refractivity contribution < 1.29 is 39.2 Å². The van der Waals surface area contributed by atoms with E-state index in [1.165, 1.54) is 24.3 Å². The van der Waals surface area contributed by atoms with Crippen molar-refractivity contribution >= 4 is 17.8 Å². The maximum atomic E-state index is 14.1. The van der Waals surface area contributed by atoms with Crippen LogP contribution in [0.1, 0.15) is 71.3 Å². The van der Waals surface area contributed by atoms with E-state index in [4.69, 9.17) is 5.11 Å². The third-order valence-corrected chi connectivity index (χ3v) is 7.56. The predicted octanol–water partition coefficient (Wildman–Crippen LogP) is 5.69. The zero-order chi connectivity index (χ0) is 32.7. The van der Waals surface area contributed by atoms with Crippen LogP contribution in [0.4, 0.5) is 4.39 Å². The Morgan fingerprint density at radius 3 is 2.02 bits per heavy atom. The Bertz CT molecular complexity index is 1630. The number of aliphatic carboxylic acids is 1. The highest BCUT2D eigenvalue weighted by Gasteiger charge is 2.30. The second-order valence-corrected chi connectivity index (χ2v) is 11.2. The second-order valence-electron chi connectivity index (χ2n) is 11.2. The van der Waals surface area contributed by atoms with Crippen LogP contribution in [0.2, 0.25) is 0 Å². The van der Waals surface area contributed by atoms with Gasteiger partial charge in [-0.2, -0.15) is 0 Å². The average molecular weight is 617 g/mol. The number of carbonyl (C=O) groups excluding carboxylic acids is 1. The Morgan fingerprint density at radius 2 is 1.44 bits per heavy atom. The van der Waals surface area contributed by atoms with E-state index in [9.17, 15) is 34.1 Å². The van der Waals surface area contributed by atoms with Gasteiger partial charge < -0.3 is 30.3 Å². The number of hydrogen-bond donors (Lipinski definition) is 5. The van der Waals surface area contributed by atoms with Crippen LogP contribution in [0, 0.1) is 5.82 Å². The summed E-state index contributed by atoms with van der Waals surface area (Å²) in [6, 6.07) is 21.3. The van der Waals surface area contributed by atoms with E-state index in [1.807, 2.05) is 48.7 Å². The van der Waals surface area contributed by atoms with Gasteiger partial charge in [0.05, 0.1) is 24.2 Å². The molecule has 1 aromatic heterocycles. The van der Waals surface area contributed by atoms with Gasteiger partial charge in [-0.1, -0.05) is 54.6 Å². The number of amides is 1. The van der Waals surface area contributed by atoms with Crippen LogP contribution in [0.3, 0.4) is 0 Å². The van der Waals surface area contributed by atoms with Crippen molar-refractivity contribution in [3.8, 4) is 22.3 Å². The molecule has 1 heterocycles. The minimum absolute atomic E-state index is 0.125. The van der Waals surface area contributed by atoms with Gasteiger partial charge in [0, 0.05) is 29.4 Å². The van der Waals surface area contributed by atoms with Crippen LogP contribution in [0.5, 0.6) is 0 Å². The Hall–Kier alpha value is -4.80.